The second kappa shape index (κ2) is 13.1. The molecule has 6 rings (SSSR count). The van der Waals surface area contributed by atoms with Gasteiger partial charge >= 0.3 is 12.0 Å². The van der Waals surface area contributed by atoms with E-state index >= 15 is 0 Å². The number of benzene rings is 2. The number of hydrogen-bond acceptors (Lipinski definition) is 6. The maximum Gasteiger partial charge on any atom is 0.335 e. The van der Waals surface area contributed by atoms with Crippen LogP contribution in [0.15, 0.2) is 66.7 Å². The number of rotatable bonds is 9. The Balaban J connectivity index is 1.07. The topological polar surface area (TPSA) is 95.4 Å². The minimum absolute atomic E-state index is 0.0874. The lowest BCUT2D eigenvalue weighted by atomic mass is 9.98. The van der Waals surface area contributed by atoms with Crippen molar-refractivity contribution in [3.8, 4) is 11.6 Å². The summed E-state index contributed by atoms with van der Waals surface area (Å²) in [5, 5.41) is 9.09. The molecule has 226 valence electrons. The molecule has 0 aliphatic carbocycles. The van der Waals surface area contributed by atoms with Crippen LogP contribution in [0.25, 0.3) is 0 Å². The number of carbonyl (C=O) groups is 2. The zero-order valence-electron chi connectivity index (χ0n) is 24.7. The van der Waals surface area contributed by atoms with Gasteiger partial charge in [-0.25, -0.2) is 14.6 Å². The molecule has 1 atom stereocenters. The van der Waals surface area contributed by atoms with Crippen LogP contribution in [0.2, 0.25) is 0 Å². The summed E-state index contributed by atoms with van der Waals surface area (Å²) < 4.78 is 11.4. The molecule has 3 saturated heterocycles. The van der Waals surface area contributed by atoms with Crippen molar-refractivity contribution in [3.63, 3.8) is 0 Å². The summed E-state index contributed by atoms with van der Waals surface area (Å²) in [6.45, 7) is 7.79. The first kappa shape index (κ1) is 29.1. The fourth-order valence-electron chi connectivity index (χ4n) is 6.59. The number of aromatic carboxylic acids is 1. The molecule has 0 unspecified atom stereocenters. The molecule has 9 heteroatoms. The number of urea groups is 1. The normalized spacial score (nSPS) is 20.5. The number of hydrogen-bond donors (Lipinski definition) is 1. The molecule has 3 fully saturated rings. The SMILES string of the molecule is Cc1nc(Oc2ccc(C(=O)O)cc2)ccc1CN1CCC(N2C(=O)N(CC3CCOCC3)C[C@H]2c2ccccc2)CC1. The van der Waals surface area contributed by atoms with Gasteiger partial charge in [-0.3, -0.25) is 4.90 Å². The lowest BCUT2D eigenvalue weighted by Crippen LogP contribution is -2.47. The van der Waals surface area contributed by atoms with Crippen molar-refractivity contribution in [1.82, 2.24) is 19.7 Å². The standard InChI is InChI=1S/C34H40N4O5/c1-24-28(9-12-32(35-24)43-30-10-7-27(8-11-30)33(39)40)22-36-17-13-29(14-18-36)38-31(26-5-3-2-4-6-26)23-37(34(38)41)21-25-15-19-42-20-16-25/h2-12,25,29,31H,13-23H2,1H3,(H,39,40)/t31-/m0/s1. The molecule has 0 radical (unpaired) electrons. The van der Waals surface area contributed by atoms with Gasteiger partial charge in [-0.05, 0) is 73.9 Å². The summed E-state index contributed by atoms with van der Waals surface area (Å²) >= 11 is 0. The molecular weight excluding hydrogens is 544 g/mol. The van der Waals surface area contributed by atoms with E-state index in [-0.39, 0.29) is 23.7 Å². The molecule has 2 aromatic carbocycles. The van der Waals surface area contributed by atoms with E-state index in [1.165, 1.54) is 17.7 Å². The number of carboxylic acid groups (broad SMARTS) is 1. The van der Waals surface area contributed by atoms with Gasteiger partial charge in [0.2, 0.25) is 5.88 Å². The van der Waals surface area contributed by atoms with E-state index in [0.717, 1.165) is 82.9 Å². The van der Waals surface area contributed by atoms with Crippen LogP contribution in [0.4, 0.5) is 4.79 Å². The highest BCUT2D eigenvalue weighted by molar-refractivity contribution is 5.87. The summed E-state index contributed by atoms with van der Waals surface area (Å²) in [7, 11) is 0. The number of carboxylic acids is 1. The first-order valence-corrected chi connectivity index (χ1v) is 15.3. The summed E-state index contributed by atoms with van der Waals surface area (Å²) in [6, 6.07) is 21.2. The fraction of sp³-hybridized carbons (Fsp3) is 0.441. The Morgan fingerprint density at radius 1 is 0.977 bits per heavy atom. The zero-order valence-corrected chi connectivity index (χ0v) is 24.7. The molecule has 3 aromatic rings. The van der Waals surface area contributed by atoms with Crippen molar-refractivity contribution in [2.24, 2.45) is 5.92 Å². The Labute approximate surface area is 253 Å². The van der Waals surface area contributed by atoms with Crippen molar-refractivity contribution in [3.05, 3.63) is 89.1 Å². The summed E-state index contributed by atoms with van der Waals surface area (Å²) in [4.78, 5) is 36.3. The number of ether oxygens (including phenoxy) is 2. The Kier molecular flexibility index (Phi) is 8.90. The number of aryl methyl sites for hydroxylation is 1. The van der Waals surface area contributed by atoms with E-state index in [2.05, 4.69) is 50.0 Å². The van der Waals surface area contributed by atoms with Crippen LogP contribution >= 0.6 is 0 Å². The summed E-state index contributed by atoms with van der Waals surface area (Å²) in [5.41, 5.74) is 3.49. The summed E-state index contributed by atoms with van der Waals surface area (Å²) in [5.74, 6) is 0.572. The number of amides is 2. The average Bonchev–Trinajstić information content (AvgIpc) is 3.35. The van der Waals surface area contributed by atoms with E-state index < -0.39 is 5.97 Å². The lowest BCUT2D eigenvalue weighted by molar-refractivity contribution is 0.0574. The van der Waals surface area contributed by atoms with E-state index in [1.54, 1.807) is 12.1 Å². The predicted molar refractivity (Wildman–Crippen MR) is 162 cm³/mol. The number of likely N-dealkylation sites (tertiary alicyclic amines) is 1. The highest BCUT2D eigenvalue weighted by atomic mass is 16.5. The highest BCUT2D eigenvalue weighted by Gasteiger charge is 2.43. The number of aromatic nitrogens is 1. The van der Waals surface area contributed by atoms with Crippen LogP contribution in [-0.2, 0) is 11.3 Å². The minimum Gasteiger partial charge on any atom is -0.478 e. The van der Waals surface area contributed by atoms with Gasteiger partial charge in [0.25, 0.3) is 0 Å². The predicted octanol–water partition coefficient (Wildman–Crippen LogP) is 5.75. The third-order valence-corrected chi connectivity index (χ3v) is 9.06. The molecule has 0 spiro atoms. The van der Waals surface area contributed by atoms with Crippen molar-refractivity contribution in [2.75, 3.05) is 39.4 Å². The van der Waals surface area contributed by atoms with Crippen LogP contribution in [0.1, 0.15) is 58.9 Å². The van der Waals surface area contributed by atoms with Crippen LogP contribution < -0.4 is 4.74 Å². The first-order chi connectivity index (χ1) is 20.9. The number of pyridine rings is 1. The second-order valence-electron chi connectivity index (χ2n) is 11.9. The highest BCUT2D eigenvalue weighted by Crippen LogP contribution is 2.36. The van der Waals surface area contributed by atoms with Crippen molar-refractivity contribution >= 4 is 12.0 Å². The van der Waals surface area contributed by atoms with Gasteiger partial charge < -0.3 is 24.4 Å². The van der Waals surface area contributed by atoms with Gasteiger partial charge in [-0.2, -0.15) is 0 Å². The molecular formula is C34H40N4O5. The fourth-order valence-corrected chi connectivity index (χ4v) is 6.59. The molecule has 43 heavy (non-hydrogen) atoms. The second-order valence-corrected chi connectivity index (χ2v) is 11.9. The van der Waals surface area contributed by atoms with Crippen LogP contribution in [0.5, 0.6) is 11.6 Å². The van der Waals surface area contributed by atoms with Crippen LogP contribution in [0, 0.1) is 12.8 Å². The zero-order chi connectivity index (χ0) is 29.8. The molecule has 3 aliphatic heterocycles. The molecule has 3 aliphatic rings. The van der Waals surface area contributed by atoms with E-state index in [4.69, 9.17) is 14.6 Å². The molecule has 1 N–H and O–H groups in total. The maximum absolute atomic E-state index is 13.8. The number of carbonyl (C=O) groups excluding carboxylic acids is 1. The van der Waals surface area contributed by atoms with Gasteiger partial charge in [0.1, 0.15) is 5.75 Å². The molecule has 2 amide bonds. The maximum atomic E-state index is 13.8. The largest absolute Gasteiger partial charge is 0.478 e. The Morgan fingerprint density at radius 2 is 1.70 bits per heavy atom. The van der Waals surface area contributed by atoms with Crippen molar-refractivity contribution < 1.29 is 24.2 Å². The third kappa shape index (κ3) is 6.84. The van der Waals surface area contributed by atoms with Gasteiger partial charge in [0.15, 0.2) is 0 Å². The van der Waals surface area contributed by atoms with E-state index in [9.17, 15) is 9.59 Å². The summed E-state index contributed by atoms with van der Waals surface area (Å²) in [6.07, 6.45) is 3.94. The average molecular weight is 585 g/mol. The smallest absolute Gasteiger partial charge is 0.335 e. The van der Waals surface area contributed by atoms with Gasteiger partial charge in [0, 0.05) is 63.7 Å². The van der Waals surface area contributed by atoms with Gasteiger partial charge in [-0.15, -0.1) is 0 Å². The lowest BCUT2D eigenvalue weighted by Gasteiger charge is -2.39. The quantitative estimate of drug-likeness (QED) is 0.342. The Morgan fingerprint density at radius 3 is 2.37 bits per heavy atom. The van der Waals surface area contributed by atoms with Crippen LogP contribution in [0.3, 0.4) is 0 Å². The number of piperidine rings is 1. The Hall–Kier alpha value is -3.95. The molecule has 4 heterocycles. The first-order valence-electron chi connectivity index (χ1n) is 15.3. The minimum atomic E-state index is -0.968. The molecule has 0 bridgehead atoms. The van der Waals surface area contributed by atoms with Gasteiger partial charge in [-0.1, -0.05) is 36.4 Å². The van der Waals surface area contributed by atoms with E-state index in [0.29, 0.717) is 17.5 Å². The monoisotopic (exact) mass is 584 g/mol. The molecule has 9 nitrogen and oxygen atoms in total. The van der Waals surface area contributed by atoms with E-state index in [1.807, 2.05) is 19.1 Å². The van der Waals surface area contributed by atoms with Crippen molar-refractivity contribution in [1.29, 1.82) is 0 Å². The molecule has 0 saturated carbocycles. The van der Waals surface area contributed by atoms with Crippen LogP contribution in [-0.4, -0.2) is 82.2 Å². The molecule has 1 aromatic heterocycles. The van der Waals surface area contributed by atoms with Gasteiger partial charge in [0.05, 0.1) is 11.6 Å². The number of nitrogens with zero attached hydrogens (tertiary/aromatic N) is 4. The third-order valence-electron chi connectivity index (χ3n) is 9.06. The Bertz CT molecular complexity index is 1400. The van der Waals surface area contributed by atoms with Crippen molar-refractivity contribution in [2.45, 2.75) is 51.2 Å².